The number of nitrogens with zero attached hydrogens (tertiary/aromatic N) is 1. The normalized spacial score (nSPS) is 20.4. The third kappa shape index (κ3) is 6.42. The molecule has 0 N–H and O–H groups in total. The molecule has 1 atom stereocenters. The van der Waals surface area contributed by atoms with E-state index in [4.69, 9.17) is 8.92 Å². The van der Waals surface area contributed by atoms with Crippen molar-refractivity contribution in [1.82, 2.24) is 4.90 Å². The molecule has 152 valence electrons. The van der Waals surface area contributed by atoms with Crippen LogP contribution in [0.3, 0.4) is 0 Å². The Morgan fingerprint density at radius 2 is 1.85 bits per heavy atom. The van der Waals surface area contributed by atoms with E-state index in [0.717, 1.165) is 10.5 Å². The highest BCUT2D eigenvalue weighted by atomic mass is 32.2. The quantitative estimate of drug-likeness (QED) is 0.716. The number of piperidine rings is 1. The SMILES string of the molecule is Cc1ccc(S(=O)(=O)OCC2CN(C(=O)OC(C)(C)C)CC(F)(F)C2)cc1. The van der Waals surface area contributed by atoms with Crippen LogP contribution in [-0.4, -0.2) is 50.6 Å². The van der Waals surface area contributed by atoms with Crippen molar-refractivity contribution in [3.8, 4) is 0 Å². The monoisotopic (exact) mass is 405 g/mol. The van der Waals surface area contributed by atoms with Gasteiger partial charge in [-0.15, -0.1) is 0 Å². The molecular formula is C18H25F2NO5S. The zero-order valence-electron chi connectivity index (χ0n) is 15.9. The number of carbonyl (C=O) groups is 1. The van der Waals surface area contributed by atoms with Gasteiger partial charge in [0.2, 0.25) is 0 Å². The summed E-state index contributed by atoms with van der Waals surface area (Å²) in [7, 11) is -4.06. The zero-order valence-corrected chi connectivity index (χ0v) is 16.7. The Hall–Kier alpha value is -1.74. The van der Waals surface area contributed by atoms with Crippen molar-refractivity contribution in [3.63, 3.8) is 0 Å². The van der Waals surface area contributed by atoms with Crippen LogP contribution in [0.15, 0.2) is 29.2 Å². The fraction of sp³-hybridized carbons (Fsp3) is 0.611. The number of ether oxygens (including phenoxy) is 1. The van der Waals surface area contributed by atoms with E-state index in [-0.39, 0.29) is 11.4 Å². The summed E-state index contributed by atoms with van der Waals surface area (Å²) < 4.78 is 62.6. The molecule has 0 aliphatic carbocycles. The molecule has 1 aromatic carbocycles. The lowest BCUT2D eigenvalue weighted by molar-refractivity contribution is -0.0913. The maximum absolute atomic E-state index is 14.0. The summed E-state index contributed by atoms with van der Waals surface area (Å²) in [4.78, 5) is 13.0. The van der Waals surface area contributed by atoms with E-state index in [1.54, 1.807) is 32.9 Å². The second-order valence-electron chi connectivity index (χ2n) is 7.84. The molecule has 1 unspecified atom stereocenters. The topological polar surface area (TPSA) is 72.9 Å². The van der Waals surface area contributed by atoms with Gasteiger partial charge in [-0.05, 0) is 39.8 Å². The third-order valence-electron chi connectivity index (χ3n) is 3.91. The van der Waals surface area contributed by atoms with Gasteiger partial charge in [-0.3, -0.25) is 4.18 Å². The molecule has 27 heavy (non-hydrogen) atoms. The molecule has 0 bridgehead atoms. The van der Waals surface area contributed by atoms with Gasteiger partial charge >= 0.3 is 6.09 Å². The molecule has 2 rings (SSSR count). The van der Waals surface area contributed by atoms with Crippen LogP contribution in [0.25, 0.3) is 0 Å². The fourth-order valence-electron chi connectivity index (χ4n) is 2.74. The molecule has 1 fully saturated rings. The molecule has 0 aromatic heterocycles. The van der Waals surface area contributed by atoms with Gasteiger partial charge < -0.3 is 9.64 Å². The Bertz CT molecular complexity index is 772. The van der Waals surface area contributed by atoms with Crippen LogP contribution >= 0.6 is 0 Å². The Balaban J connectivity index is 2.04. The summed E-state index contributed by atoms with van der Waals surface area (Å²) >= 11 is 0. The third-order valence-corrected chi connectivity index (χ3v) is 5.20. The highest BCUT2D eigenvalue weighted by Gasteiger charge is 2.43. The van der Waals surface area contributed by atoms with Gasteiger partial charge in [0.05, 0.1) is 18.0 Å². The van der Waals surface area contributed by atoms with E-state index in [0.29, 0.717) is 0 Å². The zero-order chi connectivity index (χ0) is 20.5. The Morgan fingerprint density at radius 3 is 2.41 bits per heavy atom. The van der Waals surface area contributed by atoms with Gasteiger partial charge in [-0.25, -0.2) is 13.6 Å². The van der Waals surface area contributed by atoms with Gasteiger partial charge in [0, 0.05) is 18.9 Å². The van der Waals surface area contributed by atoms with Crippen LogP contribution < -0.4 is 0 Å². The van der Waals surface area contributed by atoms with Gasteiger partial charge in [0.15, 0.2) is 0 Å². The number of hydrogen-bond acceptors (Lipinski definition) is 5. The summed E-state index contributed by atoms with van der Waals surface area (Å²) in [5.41, 5.74) is 0.0683. The number of amides is 1. The summed E-state index contributed by atoms with van der Waals surface area (Å²) in [6.07, 6.45) is -1.41. The first kappa shape index (κ1) is 21.6. The number of carbonyl (C=O) groups excluding carboxylic acids is 1. The van der Waals surface area contributed by atoms with Crippen LogP contribution in [-0.2, 0) is 19.0 Å². The maximum atomic E-state index is 14.0. The average molecular weight is 405 g/mol. The second-order valence-corrected chi connectivity index (χ2v) is 9.45. The average Bonchev–Trinajstić information content (AvgIpc) is 2.50. The lowest BCUT2D eigenvalue weighted by Crippen LogP contribution is -2.51. The highest BCUT2D eigenvalue weighted by Crippen LogP contribution is 2.32. The van der Waals surface area contributed by atoms with Crippen LogP contribution in [0.1, 0.15) is 32.8 Å². The maximum Gasteiger partial charge on any atom is 0.410 e. The van der Waals surface area contributed by atoms with Crippen molar-refractivity contribution in [1.29, 1.82) is 0 Å². The van der Waals surface area contributed by atoms with Crippen LogP contribution in [0.4, 0.5) is 13.6 Å². The van der Waals surface area contributed by atoms with Crippen molar-refractivity contribution >= 4 is 16.2 Å². The highest BCUT2D eigenvalue weighted by molar-refractivity contribution is 7.86. The molecule has 1 amide bonds. The number of hydrogen-bond donors (Lipinski definition) is 0. The molecule has 1 aliphatic heterocycles. The van der Waals surface area contributed by atoms with Gasteiger partial charge in [-0.2, -0.15) is 8.42 Å². The predicted octanol–water partition coefficient (Wildman–Crippen LogP) is 3.59. The van der Waals surface area contributed by atoms with Crippen molar-refractivity contribution in [3.05, 3.63) is 29.8 Å². The van der Waals surface area contributed by atoms with E-state index in [1.807, 2.05) is 6.92 Å². The minimum Gasteiger partial charge on any atom is -0.444 e. The summed E-state index contributed by atoms with van der Waals surface area (Å²) in [6, 6.07) is 6.03. The van der Waals surface area contributed by atoms with Crippen molar-refractivity contribution in [2.45, 2.75) is 50.5 Å². The van der Waals surface area contributed by atoms with E-state index < -0.39 is 53.2 Å². The predicted molar refractivity (Wildman–Crippen MR) is 95.2 cm³/mol. The molecule has 1 aromatic rings. The minimum atomic E-state index is -4.06. The fourth-order valence-corrected chi connectivity index (χ4v) is 3.72. The van der Waals surface area contributed by atoms with E-state index in [9.17, 15) is 22.0 Å². The Morgan fingerprint density at radius 1 is 1.26 bits per heavy atom. The van der Waals surface area contributed by atoms with Crippen molar-refractivity contribution in [2.75, 3.05) is 19.7 Å². The standard InChI is InChI=1S/C18H25F2NO5S/c1-13-5-7-15(8-6-13)27(23,24)25-11-14-9-18(19,20)12-21(10-14)16(22)26-17(2,3)4/h5-8,14H,9-12H2,1-4H3. The molecule has 0 saturated carbocycles. The smallest absolute Gasteiger partial charge is 0.410 e. The molecule has 1 saturated heterocycles. The molecule has 1 aliphatic rings. The number of benzene rings is 1. The van der Waals surface area contributed by atoms with Crippen LogP contribution in [0.5, 0.6) is 0 Å². The van der Waals surface area contributed by atoms with Crippen molar-refractivity contribution in [2.24, 2.45) is 5.92 Å². The summed E-state index contributed by atoms with van der Waals surface area (Å²) in [6.45, 7) is 5.47. The molecule has 0 radical (unpaired) electrons. The number of alkyl halides is 2. The summed E-state index contributed by atoms with van der Waals surface area (Å²) in [5, 5.41) is 0. The number of rotatable bonds is 4. The van der Waals surface area contributed by atoms with Gasteiger partial charge in [-0.1, -0.05) is 17.7 Å². The lowest BCUT2D eigenvalue weighted by atomic mass is 9.96. The van der Waals surface area contributed by atoms with Gasteiger partial charge in [0.1, 0.15) is 5.60 Å². The largest absolute Gasteiger partial charge is 0.444 e. The minimum absolute atomic E-state index is 0.0420. The Labute approximate surface area is 158 Å². The first-order valence-electron chi connectivity index (χ1n) is 8.59. The molecule has 9 heteroatoms. The van der Waals surface area contributed by atoms with Crippen LogP contribution in [0, 0.1) is 12.8 Å². The lowest BCUT2D eigenvalue weighted by Gasteiger charge is -2.37. The van der Waals surface area contributed by atoms with Crippen LogP contribution in [0.2, 0.25) is 0 Å². The molecule has 0 spiro atoms. The number of aryl methyl sites for hydroxylation is 1. The molecular weight excluding hydrogens is 380 g/mol. The van der Waals surface area contributed by atoms with E-state index in [1.165, 1.54) is 12.1 Å². The first-order valence-corrected chi connectivity index (χ1v) is 10.0. The second kappa shape index (κ2) is 7.71. The van der Waals surface area contributed by atoms with E-state index in [2.05, 4.69) is 0 Å². The number of halogens is 2. The first-order chi connectivity index (χ1) is 12.3. The number of likely N-dealkylation sites (tertiary alicyclic amines) is 1. The molecule has 1 heterocycles. The van der Waals surface area contributed by atoms with Gasteiger partial charge in [0.25, 0.3) is 16.0 Å². The van der Waals surface area contributed by atoms with Crippen molar-refractivity contribution < 1.29 is 30.9 Å². The Kier molecular flexibility index (Phi) is 6.16. The van der Waals surface area contributed by atoms with E-state index >= 15 is 0 Å². The molecule has 6 nitrogen and oxygen atoms in total. The summed E-state index contributed by atoms with van der Waals surface area (Å²) in [5.74, 6) is -3.97.